The molecule has 0 aliphatic rings. The van der Waals surface area contributed by atoms with E-state index in [9.17, 15) is 4.79 Å². The Bertz CT molecular complexity index is 323. The third-order valence-electron chi connectivity index (χ3n) is 2.11. The zero-order valence-corrected chi connectivity index (χ0v) is 9.81. The van der Waals surface area contributed by atoms with Crippen molar-refractivity contribution in [3.63, 3.8) is 0 Å². The summed E-state index contributed by atoms with van der Waals surface area (Å²) in [5.41, 5.74) is 0.933. The highest BCUT2D eigenvalue weighted by Gasteiger charge is 2.05. The molecule has 0 aliphatic carbocycles. The van der Waals surface area contributed by atoms with Gasteiger partial charge in [0.1, 0.15) is 6.61 Å². The molecule has 0 spiro atoms. The smallest absolute Gasteiger partial charge is 0.162 e. The number of ketones is 1. The Morgan fingerprint density at radius 2 is 2.31 bits per heavy atom. The van der Waals surface area contributed by atoms with Gasteiger partial charge in [0.05, 0.1) is 19.4 Å². The summed E-state index contributed by atoms with van der Waals surface area (Å²) in [6, 6.07) is 0. The summed E-state index contributed by atoms with van der Waals surface area (Å²) in [6.07, 6.45) is 3.98. The van der Waals surface area contributed by atoms with E-state index in [4.69, 9.17) is 9.47 Å². The van der Waals surface area contributed by atoms with Gasteiger partial charge in [-0.25, -0.2) is 0 Å². The molecule has 0 unspecified atom stereocenters. The van der Waals surface area contributed by atoms with Gasteiger partial charge in [0.2, 0.25) is 0 Å². The van der Waals surface area contributed by atoms with Crippen LogP contribution in [0.2, 0.25) is 0 Å². The second-order valence-electron chi connectivity index (χ2n) is 3.47. The van der Waals surface area contributed by atoms with Gasteiger partial charge in [-0.05, 0) is 12.5 Å². The molecular weight excluding hydrogens is 208 g/mol. The molecule has 0 fully saturated rings. The number of ether oxygens (including phenoxy) is 2. The van der Waals surface area contributed by atoms with Gasteiger partial charge >= 0.3 is 0 Å². The minimum Gasteiger partial charge on any atom is -0.382 e. The lowest BCUT2D eigenvalue weighted by Gasteiger charge is -2.01. The molecule has 1 aromatic rings. The van der Waals surface area contributed by atoms with Gasteiger partial charge in [0.25, 0.3) is 0 Å². The number of carbonyl (C=O) groups is 1. The molecule has 0 saturated carbocycles. The van der Waals surface area contributed by atoms with Crippen LogP contribution >= 0.6 is 0 Å². The van der Waals surface area contributed by atoms with Crippen molar-refractivity contribution in [3.05, 3.63) is 18.0 Å². The van der Waals surface area contributed by atoms with Gasteiger partial charge < -0.3 is 9.47 Å². The maximum absolute atomic E-state index is 11.5. The molecule has 1 rings (SSSR count). The summed E-state index contributed by atoms with van der Waals surface area (Å²) in [5, 5.41) is 4.10. The third-order valence-corrected chi connectivity index (χ3v) is 2.11. The summed E-state index contributed by atoms with van der Waals surface area (Å²) in [4.78, 5) is 11.5. The standard InChI is InChI=1S/C11H18N2O3/c1-3-13-8-10(7-12-13)6-11(14)9-16-5-4-15-2/h7-8H,3-6,9H2,1-2H3. The number of aromatic nitrogens is 2. The topological polar surface area (TPSA) is 53.4 Å². The summed E-state index contributed by atoms with van der Waals surface area (Å²) in [7, 11) is 1.60. The fourth-order valence-corrected chi connectivity index (χ4v) is 1.28. The van der Waals surface area contributed by atoms with Crippen LogP contribution in [0.5, 0.6) is 0 Å². The number of aryl methyl sites for hydroxylation is 1. The molecule has 0 amide bonds. The fourth-order valence-electron chi connectivity index (χ4n) is 1.28. The van der Waals surface area contributed by atoms with Crippen LogP contribution in [0.15, 0.2) is 12.4 Å². The van der Waals surface area contributed by atoms with Crippen molar-refractivity contribution in [2.75, 3.05) is 26.9 Å². The van der Waals surface area contributed by atoms with E-state index in [1.807, 2.05) is 13.1 Å². The number of methoxy groups -OCH3 is 1. The zero-order valence-electron chi connectivity index (χ0n) is 9.81. The average Bonchev–Trinajstić information content (AvgIpc) is 2.72. The first kappa shape index (κ1) is 12.9. The number of hydrogen-bond acceptors (Lipinski definition) is 4. The normalized spacial score (nSPS) is 10.6. The van der Waals surface area contributed by atoms with E-state index in [1.165, 1.54) is 0 Å². The molecule has 1 aromatic heterocycles. The van der Waals surface area contributed by atoms with Gasteiger partial charge in [0.15, 0.2) is 5.78 Å². The molecule has 16 heavy (non-hydrogen) atoms. The van der Waals surface area contributed by atoms with Crippen LogP contribution in [0.4, 0.5) is 0 Å². The van der Waals surface area contributed by atoms with Crippen LogP contribution in [-0.2, 0) is 27.2 Å². The van der Waals surface area contributed by atoms with Gasteiger partial charge in [0, 0.05) is 26.3 Å². The lowest BCUT2D eigenvalue weighted by molar-refractivity contribution is -0.123. The first-order valence-electron chi connectivity index (χ1n) is 5.36. The lowest BCUT2D eigenvalue weighted by Crippen LogP contribution is -2.13. The highest BCUT2D eigenvalue weighted by molar-refractivity contribution is 5.81. The molecule has 0 N–H and O–H groups in total. The minimum atomic E-state index is 0.0618. The van der Waals surface area contributed by atoms with Gasteiger partial charge in [-0.2, -0.15) is 5.10 Å². The molecule has 0 saturated heterocycles. The quantitative estimate of drug-likeness (QED) is 0.612. The summed E-state index contributed by atoms with van der Waals surface area (Å²) in [6.45, 7) is 3.93. The van der Waals surface area contributed by atoms with Crippen molar-refractivity contribution in [2.24, 2.45) is 0 Å². The van der Waals surface area contributed by atoms with Crippen LogP contribution < -0.4 is 0 Å². The fraction of sp³-hybridized carbons (Fsp3) is 0.636. The van der Waals surface area contributed by atoms with E-state index in [2.05, 4.69) is 5.10 Å². The monoisotopic (exact) mass is 226 g/mol. The van der Waals surface area contributed by atoms with E-state index in [1.54, 1.807) is 18.0 Å². The Balaban J connectivity index is 2.23. The highest BCUT2D eigenvalue weighted by atomic mass is 16.5. The number of carbonyl (C=O) groups excluding carboxylic acids is 1. The van der Waals surface area contributed by atoms with Crippen molar-refractivity contribution in [1.82, 2.24) is 9.78 Å². The summed E-state index contributed by atoms with van der Waals surface area (Å²) >= 11 is 0. The van der Waals surface area contributed by atoms with E-state index in [0.29, 0.717) is 19.6 Å². The molecule has 0 bridgehead atoms. The van der Waals surface area contributed by atoms with Crippen LogP contribution in [-0.4, -0.2) is 42.5 Å². The third kappa shape index (κ3) is 4.55. The summed E-state index contributed by atoms with van der Waals surface area (Å²) < 4.78 is 11.7. The molecular formula is C11H18N2O3. The predicted octanol–water partition coefficient (Wildman–Crippen LogP) is 0.678. The van der Waals surface area contributed by atoms with Crippen molar-refractivity contribution < 1.29 is 14.3 Å². The minimum absolute atomic E-state index is 0.0618. The Morgan fingerprint density at radius 1 is 1.50 bits per heavy atom. The Kier molecular flexibility index (Phi) is 5.74. The second kappa shape index (κ2) is 7.14. The molecule has 0 radical (unpaired) electrons. The van der Waals surface area contributed by atoms with Gasteiger partial charge in [-0.3, -0.25) is 9.48 Å². The highest BCUT2D eigenvalue weighted by Crippen LogP contribution is 2.00. The predicted molar refractivity (Wildman–Crippen MR) is 59.3 cm³/mol. The molecule has 90 valence electrons. The van der Waals surface area contributed by atoms with Gasteiger partial charge in [-0.15, -0.1) is 0 Å². The van der Waals surface area contributed by atoms with Crippen LogP contribution in [0, 0.1) is 0 Å². The van der Waals surface area contributed by atoms with E-state index in [0.717, 1.165) is 12.1 Å². The second-order valence-corrected chi connectivity index (χ2v) is 3.47. The lowest BCUT2D eigenvalue weighted by atomic mass is 10.2. The molecule has 5 heteroatoms. The van der Waals surface area contributed by atoms with Crippen molar-refractivity contribution >= 4 is 5.78 Å². The van der Waals surface area contributed by atoms with Crippen LogP contribution in [0.25, 0.3) is 0 Å². The molecule has 1 heterocycles. The van der Waals surface area contributed by atoms with Crippen molar-refractivity contribution in [2.45, 2.75) is 19.9 Å². The van der Waals surface area contributed by atoms with E-state index >= 15 is 0 Å². The zero-order chi connectivity index (χ0) is 11.8. The number of rotatable bonds is 8. The van der Waals surface area contributed by atoms with Crippen LogP contribution in [0.1, 0.15) is 12.5 Å². The van der Waals surface area contributed by atoms with Crippen molar-refractivity contribution in [1.29, 1.82) is 0 Å². The SMILES string of the molecule is CCn1cc(CC(=O)COCCOC)cn1. The van der Waals surface area contributed by atoms with Crippen molar-refractivity contribution in [3.8, 4) is 0 Å². The van der Waals surface area contributed by atoms with Gasteiger partial charge in [-0.1, -0.05) is 0 Å². The molecule has 5 nitrogen and oxygen atoms in total. The number of hydrogen-bond donors (Lipinski definition) is 0. The maximum Gasteiger partial charge on any atom is 0.162 e. The van der Waals surface area contributed by atoms with Crippen LogP contribution in [0.3, 0.4) is 0 Å². The average molecular weight is 226 g/mol. The van der Waals surface area contributed by atoms with E-state index in [-0.39, 0.29) is 12.4 Å². The maximum atomic E-state index is 11.5. The summed E-state index contributed by atoms with van der Waals surface area (Å²) in [5.74, 6) is 0.0618. The first-order valence-corrected chi connectivity index (χ1v) is 5.36. The first-order chi connectivity index (χ1) is 7.76. The number of Topliss-reactive ketones (excluding diaryl/α,β-unsaturated/α-hetero) is 1. The Hall–Kier alpha value is -1.20. The largest absolute Gasteiger partial charge is 0.382 e. The molecule has 0 aromatic carbocycles. The molecule has 0 atom stereocenters. The molecule has 0 aliphatic heterocycles. The number of nitrogens with zero attached hydrogens (tertiary/aromatic N) is 2. The van der Waals surface area contributed by atoms with E-state index < -0.39 is 0 Å². The Morgan fingerprint density at radius 3 is 2.94 bits per heavy atom. The Labute approximate surface area is 95.3 Å².